The summed E-state index contributed by atoms with van der Waals surface area (Å²) in [4.78, 5) is 4.10. The molecular weight excluding hydrogens is 140 g/mol. The number of unbranched alkanes of at least 4 members (excludes halogenated alkanes) is 2. The minimum absolute atomic E-state index is 0.663. The summed E-state index contributed by atoms with van der Waals surface area (Å²) in [5.41, 5.74) is 0. The second kappa shape index (κ2) is 4.11. The van der Waals surface area contributed by atoms with Gasteiger partial charge in [0.2, 0.25) is 5.89 Å². The molecule has 0 spiro atoms. The number of aryl methyl sites for hydroxylation is 2. The molecule has 0 saturated heterocycles. The molecule has 0 atom stereocenters. The highest BCUT2D eigenvalue weighted by atomic mass is 16.5. The molecule has 3 nitrogen and oxygen atoms in total. The van der Waals surface area contributed by atoms with Crippen LogP contribution in [0.2, 0.25) is 0 Å². The Bertz CT molecular complexity index is 208. The Morgan fingerprint density at radius 2 is 2.18 bits per heavy atom. The van der Waals surface area contributed by atoms with E-state index < -0.39 is 0 Å². The van der Waals surface area contributed by atoms with Gasteiger partial charge in [0, 0.05) is 13.3 Å². The second-order valence-corrected chi connectivity index (χ2v) is 2.69. The SMILES string of the molecule is CCCCCc1noc(C)n1. The van der Waals surface area contributed by atoms with Crippen LogP contribution in [-0.2, 0) is 6.42 Å². The molecule has 1 rings (SSSR count). The molecule has 0 aliphatic carbocycles. The van der Waals surface area contributed by atoms with Crippen LogP contribution in [0.15, 0.2) is 4.52 Å². The summed E-state index contributed by atoms with van der Waals surface area (Å²) in [6, 6.07) is 0. The Balaban J connectivity index is 2.27. The average Bonchev–Trinajstić information content (AvgIpc) is 2.37. The van der Waals surface area contributed by atoms with Gasteiger partial charge < -0.3 is 4.52 Å². The highest BCUT2D eigenvalue weighted by Crippen LogP contribution is 2.02. The highest BCUT2D eigenvalue weighted by Gasteiger charge is 1.99. The average molecular weight is 154 g/mol. The molecule has 0 unspecified atom stereocenters. The molecule has 0 fully saturated rings. The summed E-state index contributed by atoms with van der Waals surface area (Å²) in [7, 11) is 0. The van der Waals surface area contributed by atoms with E-state index >= 15 is 0 Å². The third-order valence-electron chi connectivity index (χ3n) is 1.57. The molecular formula is C8H14N2O. The third-order valence-corrected chi connectivity index (χ3v) is 1.57. The fourth-order valence-electron chi connectivity index (χ4n) is 0.976. The maximum Gasteiger partial charge on any atom is 0.223 e. The monoisotopic (exact) mass is 154 g/mol. The minimum atomic E-state index is 0.663. The lowest BCUT2D eigenvalue weighted by Crippen LogP contribution is -1.87. The van der Waals surface area contributed by atoms with Gasteiger partial charge in [0.25, 0.3) is 0 Å². The van der Waals surface area contributed by atoms with Crippen molar-refractivity contribution in [2.45, 2.75) is 39.5 Å². The Hall–Kier alpha value is -0.860. The van der Waals surface area contributed by atoms with Crippen LogP contribution in [-0.4, -0.2) is 10.1 Å². The van der Waals surface area contributed by atoms with Crippen molar-refractivity contribution in [3.63, 3.8) is 0 Å². The largest absolute Gasteiger partial charge is 0.340 e. The van der Waals surface area contributed by atoms with Gasteiger partial charge in [-0.2, -0.15) is 4.98 Å². The number of rotatable bonds is 4. The van der Waals surface area contributed by atoms with Crippen molar-refractivity contribution >= 4 is 0 Å². The topological polar surface area (TPSA) is 38.9 Å². The van der Waals surface area contributed by atoms with Crippen molar-refractivity contribution in [3.05, 3.63) is 11.7 Å². The van der Waals surface area contributed by atoms with Crippen LogP contribution in [0.25, 0.3) is 0 Å². The van der Waals surface area contributed by atoms with E-state index in [4.69, 9.17) is 4.52 Å². The van der Waals surface area contributed by atoms with Crippen molar-refractivity contribution in [1.29, 1.82) is 0 Å². The van der Waals surface area contributed by atoms with Crippen LogP contribution in [0.3, 0.4) is 0 Å². The molecule has 1 heterocycles. The molecule has 0 saturated carbocycles. The first-order chi connectivity index (χ1) is 5.33. The van der Waals surface area contributed by atoms with Crippen molar-refractivity contribution < 1.29 is 4.52 Å². The van der Waals surface area contributed by atoms with E-state index in [9.17, 15) is 0 Å². The van der Waals surface area contributed by atoms with Crippen LogP contribution < -0.4 is 0 Å². The second-order valence-electron chi connectivity index (χ2n) is 2.69. The molecule has 1 aromatic rings. The Morgan fingerprint density at radius 3 is 2.73 bits per heavy atom. The molecule has 3 heteroatoms. The van der Waals surface area contributed by atoms with Crippen LogP contribution in [0.4, 0.5) is 0 Å². The molecule has 0 aliphatic rings. The van der Waals surface area contributed by atoms with Gasteiger partial charge in [0.05, 0.1) is 0 Å². The summed E-state index contributed by atoms with van der Waals surface area (Å²) in [6.45, 7) is 4.00. The van der Waals surface area contributed by atoms with Crippen molar-refractivity contribution in [2.24, 2.45) is 0 Å². The Morgan fingerprint density at radius 1 is 1.36 bits per heavy atom. The van der Waals surface area contributed by atoms with Gasteiger partial charge in [-0.15, -0.1) is 0 Å². The number of aromatic nitrogens is 2. The quantitative estimate of drug-likeness (QED) is 0.623. The number of nitrogens with zero attached hydrogens (tertiary/aromatic N) is 2. The first kappa shape index (κ1) is 8.24. The van der Waals surface area contributed by atoms with E-state index in [2.05, 4.69) is 17.1 Å². The van der Waals surface area contributed by atoms with Gasteiger partial charge in [-0.1, -0.05) is 24.9 Å². The van der Waals surface area contributed by atoms with Crippen molar-refractivity contribution in [3.8, 4) is 0 Å². The number of hydrogen-bond donors (Lipinski definition) is 0. The predicted octanol–water partition coefficient (Wildman–Crippen LogP) is 2.11. The normalized spacial score (nSPS) is 10.4. The standard InChI is InChI=1S/C8H14N2O/c1-3-4-5-6-8-9-7(2)11-10-8/h3-6H2,1-2H3. The molecule has 0 bridgehead atoms. The van der Waals surface area contributed by atoms with E-state index in [1.54, 1.807) is 0 Å². The summed E-state index contributed by atoms with van der Waals surface area (Å²) in [5, 5.41) is 3.80. The van der Waals surface area contributed by atoms with Crippen molar-refractivity contribution in [1.82, 2.24) is 10.1 Å². The van der Waals surface area contributed by atoms with Crippen LogP contribution in [0.1, 0.15) is 37.9 Å². The van der Waals surface area contributed by atoms with E-state index in [1.165, 1.54) is 12.8 Å². The Labute approximate surface area is 66.8 Å². The predicted molar refractivity (Wildman–Crippen MR) is 42.3 cm³/mol. The maximum atomic E-state index is 4.83. The summed E-state index contributed by atoms with van der Waals surface area (Å²) in [6.07, 6.45) is 4.59. The van der Waals surface area contributed by atoms with Gasteiger partial charge in [-0.05, 0) is 6.42 Å². The Kier molecular flexibility index (Phi) is 3.08. The van der Waals surface area contributed by atoms with E-state index in [1.807, 2.05) is 6.92 Å². The van der Waals surface area contributed by atoms with Crippen LogP contribution >= 0.6 is 0 Å². The first-order valence-corrected chi connectivity index (χ1v) is 4.12. The lowest BCUT2D eigenvalue weighted by Gasteiger charge is -1.90. The van der Waals surface area contributed by atoms with Gasteiger partial charge in [-0.25, -0.2) is 0 Å². The summed E-state index contributed by atoms with van der Waals surface area (Å²) < 4.78 is 4.83. The zero-order valence-corrected chi connectivity index (χ0v) is 7.13. The van der Waals surface area contributed by atoms with Gasteiger partial charge in [0.1, 0.15) is 0 Å². The van der Waals surface area contributed by atoms with E-state index in [-0.39, 0.29) is 0 Å². The van der Waals surface area contributed by atoms with Gasteiger partial charge >= 0.3 is 0 Å². The van der Waals surface area contributed by atoms with Crippen LogP contribution in [0.5, 0.6) is 0 Å². The van der Waals surface area contributed by atoms with Gasteiger partial charge in [-0.3, -0.25) is 0 Å². The summed E-state index contributed by atoms with van der Waals surface area (Å²) >= 11 is 0. The fraction of sp³-hybridized carbons (Fsp3) is 0.750. The highest BCUT2D eigenvalue weighted by molar-refractivity contribution is 4.83. The molecule has 1 aromatic heterocycles. The zero-order chi connectivity index (χ0) is 8.10. The lowest BCUT2D eigenvalue weighted by atomic mass is 10.2. The van der Waals surface area contributed by atoms with Crippen LogP contribution in [0, 0.1) is 6.92 Å². The summed E-state index contributed by atoms with van der Waals surface area (Å²) in [5.74, 6) is 1.51. The smallest absolute Gasteiger partial charge is 0.223 e. The number of hydrogen-bond acceptors (Lipinski definition) is 3. The molecule has 62 valence electrons. The molecule has 0 aliphatic heterocycles. The molecule has 11 heavy (non-hydrogen) atoms. The maximum absolute atomic E-state index is 4.83. The lowest BCUT2D eigenvalue weighted by molar-refractivity contribution is 0.386. The first-order valence-electron chi connectivity index (χ1n) is 4.12. The molecule has 0 aromatic carbocycles. The van der Waals surface area contributed by atoms with Crippen molar-refractivity contribution in [2.75, 3.05) is 0 Å². The fourth-order valence-corrected chi connectivity index (χ4v) is 0.976. The van der Waals surface area contributed by atoms with E-state index in [0.717, 1.165) is 18.7 Å². The molecule has 0 N–H and O–H groups in total. The zero-order valence-electron chi connectivity index (χ0n) is 7.13. The minimum Gasteiger partial charge on any atom is -0.340 e. The molecule has 0 radical (unpaired) electrons. The molecule has 0 amide bonds. The van der Waals surface area contributed by atoms with E-state index in [0.29, 0.717) is 5.89 Å². The van der Waals surface area contributed by atoms with Gasteiger partial charge in [0.15, 0.2) is 5.82 Å². The third kappa shape index (κ3) is 2.70.